The molecule has 2 aliphatic carbocycles. The number of allylic oxidation sites excluding steroid dienone is 2. The molecule has 3 atom stereocenters. The van der Waals surface area contributed by atoms with Crippen LogP contribution in [0.1, 0.15) is 59.8 Å². The number of aldehydes is 1. The van der Waals surface area contributed by atoms with Gasteiger partial charge in [-0.2, -0.15) is 0 Å². The summed E-state index contributed by atoms with van der Waals surface area (Å²) in [6, 6.07) is 0. The molecule has 1 nitrogen and oxygen atoms in total. The molecule has 0 radical (unpaired) electrons. The molecule has 1 saturated carbocycles. The van der Waals surface area contributed by atoms with Gasteiger partial charge in [0.05, 0.1) is 0 Å². The monoisotopic (exact) mass is 234 g/mol. The van der Waals surface area contributed by atoms with Gasteiger partial charge in [0.15, 0.2) is 0 Å². The normalized spacial score (nSPS) is 40.4. The van der Waals surface area contributed by atoms with Gasteiger partial charge < -0.3 is 4.79 Å². The zero-order chi connectivity index (χ0) is 12.7. The summed E-state index contributed by atoms with van der Waals surface area (Å²) in [5.41, 5.74) is 2.10. The van der Waals surface area contributed by atoms with Crippen molar-refractivity contribution in [1.29, 1.82) is 0 Å². The number of carbonyl (C=O) groups is 1. The van der Waals surface area contributed by atoms with Crippen molar-refractivity contribution in [3.8, 4) is 0 Å². The molecular formula is C16H26O. The maximum absolute atomic E-state index is 10.9. The molecule has 2 rings (SSSR count). The Hall–Kier alpha value is -0.590. The minimum absolute atomic E-state index is 0.0994. The second-order valence-corrected chi connectivity index (χ2v) is 7.09. The topological polar surface area (TPSA) is 17.1 Å². The zero-order valence-electron chi connectivity index (χ0n) is 11.8. The molecule has 0 aromatic heterocycles. The van der Waals surface area contributed by atoms with E-state index in [1.54, 1.807) is 5.57 Å². The van der Waals surface area contributed by atoms with Crippen molar-refractivity contribution in [3.63, 3.8) is 0 Å². The maximum atomic E-state index is 10.9. The summed E-state index contributed by atoms with van der Waals surface area (Å²) >= 11 is 0. The third-order valence-electron chi connectivity index (χ3n) is 5.35. The molecule has 0 heterocycles. The summed E-state index contributed by atoms with van der Waals surface area (Å²) in [5.74, 6) is 1.42. The van der Waals surface area contributed by atoms with Crippen molar-refractivity contribution in [2.24, 2.45) is 22.7 Å². The van der Waals surface area contributed by atoms with Crippen molar-refractivity contribution in [2.45, 2.75) is 59.8 Å². The largest absolute Gasteiger partial charge is 0.303 e. The number of fused-ring (bicyclic) bond motifs is 1. The van der Waals surface area contributed by atoms with Crippen LogP contribution in [0.4, 0.5) is 0 Å². The molecule has 0 N–H and O–H groups in total. The van der Waals surface area contributed by atoms with E-state index in [0.717, 1.165) is 12.2 Å². The van der Waals surface area contributed by atoms with Crippen LogP contribution in [-0.4, -0.2) is 6.29 Å². The van der Waals surface area contributed by atoms with Gasteiger partial charge in [0.2, 0.25) is 0 Å². The van der Waals surface area contributed by atoms with Gasteiger partial charge in [-0.05, 0) is 41.9 Å². The van der Waals surface area contributed by atoms with Crippen molar-refractivity contribution < 1.29 is 4.79 Å². The van der Waals surface area contributed by atoms with Gasteiger partial charge in [0.1, 0.15) is 6.29 Å². The van der Waals surface area contributed by atoms with E-state index in [-0.39, 0.29) is 5.41 Å². The van der Waals surface area contributed by atoms with Crippen LogP contribution in [0.15, 0.2) is 11.6 Å². The number of hydrogen-bond acceptors (Lipinski definition) is 1. The Balaban J connectivity index is 2.37. The molecule has 0 aliphatic heterocycles. The summed E-state index contributed by atoms with van der Waals surface area (Å²) in [6.07, 6.45) is 9.56. The molecule has 0 amide bonds. The number of hydrogen-bond donors (Lipinski definition) is 0. The third kappa shape index (κ3) is 2.21. The lowest BCUT2D eigenvalue weighted by Gasteiger charge is -2.48. The van der Waals surface area contributed by atoms with Crippen LogP contribution in [0, 0.1) is 22.7 Å². The van der Waals surface area contributed by atoms with E-state index in [2.05, 4.69) is 33.8 Å². The van der Waals surface area contributed by atoms with Crippen molar-refractivity contribution >= 4 is 6.29 Å². The molecule has 3 unspecified atom stereocenters. The molecule has 0 bridgehead atoms. The molecule has 0 spiro atoms. The molecule has 0 aromatic carbocycles. The molecule has 96 valence electrons. The van der Waals surface area contributed by atoms with E-state index in [1.807, 2.05) is 0 Å². The van der Waals surface area contributed by atoms with E-state index in [1.165, 1.54) is 25.7 Å². The van der Waals surface area contributed by atoms with Crippen molar-refractivity contribution in [1.82, 2.24) is 0 Å². The SMILES string of the molecule is CC1CC2CCCC(C)(C)C2=CC1(C)CC=O. The second-order valence-electron chi connectivity index (χ2n) is 7.09. The lowest BCUT2D eigenvalue weighted by Crippen LogP contribution is -2.37. The highest BCUT2D eigenvalue weighted by atomic mass is 16.1. The van der Waals surface area contributed by atoms with Gasteiger partial charge in [-0.25, -0.2) is 0 Å². The van der Waals surface area contributed by atoms with Gasteiger partial charge in [-0.3, -0.25) is 0 Å². The zero-order valence-corrected chi connectivity index (χ0v) is 11.8. The first-order valence-electron chi connectivity index (χ1n) is 7.06. The van der Waals surface area contributed by atoms with Gasteiger partial charge in [-0.1, -0.05) is 45.8 Å². The third-order valence-corrected chi connectivity index (χ3v) is 5.35. The van der Waals surface area contributed by atoms with E-state index in [9.17, 15) is 4.79 Å². The predicted octanol–water partition coefficient (Wildman–Crippen LogP) is 4.37. The Kier molecular flexibility index (Phi) is 3.22. The minimum Gasteiger partial charge on any atom is -0.303 e. The van der Waals surface area contributed by atoms with Crippen LogP contribution in [0.5, 0.6) is 0 Å². The fraction of sp³-hybridized carbons (Fsp3) is 0.812. The van der Waals surface area contributed by atoms with Crippen LogP contribution in [0.3, 0.4) is 0 Å². The fourth-order valence-electron chi connectivity index (χ4n) is 3.83. The molecule has 17 heavy (non-hydrogen) atoms. The van der Waals surface area contributed by atoms with Gasteiger partial charge in [0.25, 0.3) is 0 Å². The summed E-state index contributed by atoms with van der Waals surface area (Å²) in [6.45, 7) is 9.34. The summed E-state index contributed by atoms with van der Waals surface area (Å²) < 4.78 is 0. The van der Waals surface area contributed by atoms with E-state index in [0.29, 0.717) is 17.8 Å². The van der Waals surface area contributed by atoms with Crippen LogP contribution in [0.2, 0.25) is 0 Å². The van der Waals surface area contributed by atoms with Crippen LogP contribution in [0.25, 0.3) is 0 Å². The smallest absolute Gasteiger partial charge is 0.120 e. The highest BCUT2D eigenvalue weighted by molar-refractivity contribution is 5.52. The summed E-state index contributed by atoms with van der Waals surface area (Å²) in [5, 5.41) is 0. The first-order chi connectivity index (χ1) is 7.89. The summed E-state index contributed by atoms with van der Waals surface area (Å²) in [7, 11) is 0. The van der Waals surface area contributed by atoms with E-state index >= 15 is 0 Å². The first kappa shape index (κ1) is 12.9. The van der Waals surface area contributed by atoms with E-state index < -0.39 is 0 Å². The predicted molar refractivity (Wildman–Crippen MR) is 71.8 cm³/mol. The van der Waals surface area contributed by atoms with Crippen LogP contribution < -0.4 is 0 Å². The Morgan fingerprint density at radius 1 is 1.41 bits per heavy atom. The second kappa shape index (κ2) is 4.26. The lowest BCUT2D eigenvalue weighted by molar-refractivity contribution is -0.109. The molecule has 1 heteroatoms. The Labute approximate surface area is 106 Å². The first-order valence-corrected chi connectivity index (χ1v) is 7.06. The average molecular weight is 234 g/mol. The molecular weight excluding hydrogens is 208 g/mol. The Bertz CT molecular complexity index is 339. The van der Waals surface area contributed by atoms with E-state index in [4.69, 9.17) is 0 Å². The molecule has 2 aliphatic rings. The van der Waals surface area contributed by atoms with Crippen LogP contribution in [-0.2, 0) is 4.79 Å². The number of carbonyl (C=O) groups excluding carboxylic acids is 1. The standard InChI is InChI=1S/C16H26O/c1-12-10-13-6-5-7-15(2,3)14(13)11-16(12,4)8-9-17/h9,11-13H,5-8,10H2,1-4H3. The highest BCUT2D eigenvalue weighted by Gasteiger charge is 2.42. The highest BCUT2D eigenvalue weighted by Crippen LogP contribution is 2.53. The molecule has 0 aromatic rings. The van der Waals surface area contributed by atoms with Gasteiger partial charge in [0, 0.05) is 6.42 Å². The van der Waals surface area contributed by atoms with Crippen LogP contribution >= 0.6 is 0 Å². The quantitative estimate of drug-likeness (QED) is 0.512. The van der Waals surface area contributed by atoms with Gasteiger partial charge >= 0.3 is 0 Å². The van der Waals surface area contributed by atoms with Gasteiger partial charge in [-0.15, -0.1) is 0 Å². The molecule has 1 fully saturated rings. The maximum Gasteiger partial charge on any atom is 0.120 e. The Morgan fingerprint density at radius 3 is 2.76 bits per heavy atom. The minimum atomic E-state index is 0.0994. The number of rotatable bonds is 2. The average Bonchev–Trinajstić information content (AvgIpc) is 2.22. The Morgan fingerprint density at radius 2 is 2.12 bits per heavy atom. The fourth-order valence-corrected chi connectivity index (χ4v) is 3.83. The van der Waals surface area contributed by atoms with Crippen molar-refractivity contribution in [2.75, 3.05) is 0 Å². The summed E-state index contributed by atoms with van der Waals surface area (Å²) in [4.78, 5) is 10.9. The lowest BCUT2D eigenvalue weighted by atomic mass is 9.57. The van der Waals surface area contributed by atoms with Crippen molar-refractivity contribution in [3.05, 3.63) is 11.6 Å². The molecule has 0 saturated heterocycles.